The first kappa shape index (κ1) is 20.2. The van der Waals surface area contributed by atoms with Gasteiger partial charge in [-0.15, -0.1) is 16.4 Å². The van der Waals surface area contributed by atoms with Gasteiger partial charge in [0, 0.05) is 11.8 Å². The van der Waals surface area contributed by atoms with Crippen molar-refractivity contribution in [3.63, 3.8) is 0 Å². The highest BCUT2D eigenvalue weighted by atomic mass is 79.9. The lowest BCUT2D eigenvalue weighted by Crippen LogP contribution is -2.18. The number of nitrogens with zero attached hydrogens (tertiary/aromatic N) is 2. The molecule has 3 aromatic rings. The number of benzene rings is 1. The van der Waals surface area contributed by atoms with Crippen LogP contribution in [-0.4, -0.2) is 36.9 Å². The number of hydrogen-bond donors (Lipinski definition) is 0. The summed E-state index contributed by atoms with van der Waals surface area (Å²) in [6.45, 7) is 0.0659. The van der Waals surface area contributed by atoms with Crippen LogP contribution in [-0.2, 0) is 6.54 Å². The maximum atomic E-state index is 12.6. The Morgan fingerprint density at radius 1 is 1.25 bits per heavy atom. The highest BCUT2D eigenvalue weighted by Crippen LogP contribution is 2.40. The van der Waals surface area contributed by atoms with Crippen molar-refractivity contribution in [2.45, 2.75) is 13.0 Å². The molecule has 0 spiro atoms. The highest BCUT2D eigenvalue weighted by molar-refractivity contribution is 9.10. The number of halogens is 1. The molecular formula is C18H17BrN2O6S. The van der Waals surface area contributed by atoms with Crippen LogP contribution in [0.5, 0.6) is 17.2 Å². The summed E-state index contributed by atoms with van der Waals surface area (Å²) < 4.78 is 22.8. The van der Waals surface area contributed by atoms with Crippen LogP contribution in [0.2, 0.25) is 0 Å². The molecule has 0 aliphatic carbocycles. The second kappa shape index (κ2) is 8.61. The third-order valence-corrected chi connectivity index (χ3v) is 5.81. The quantitative estimate of drug-likeness (QED) is 0.466. The zero-order valence-electron chi connectivity index (χ0n) is 15.4. The Bertz CT molecular complexity index is 1050. The summed E-state index contributed by atoms with van der Waals surface area (Å²) in [4.78, 5) is 25.3. The number of Topliss-reactive ketones (excluding diaryl/α,β-unsaturated/α-hetero) is 1. The Morgan fingerprint density at radius 3 is 2.71 bits per heavy atom. The molecule has 0 bridgehead atoms. The van der Waals surface area contributed by atoms with Gasteiger partial charge in [-0.3, -0.25) is 4.79 Å². The monoisotopic (exact) mass is 468 g/mol. The molecule has 0 saturated carbocycles. The van der Waals surface area contributed by atoms with Crippen molar-refractivity contribution < 1.29 is 23.4 Å². The molecule has 148 valence electrons. The molecular weight excluding hydrogens is 452 g/mol. The Kier molecular flexibility index (Phi) is 6.20. The van der Waals surface area contributed by atoms with E-state index in [-0.39, 0.29) is 24.6 Å². The van der Waals surface area contributed by atoms with Crippen LogP contribution in [0, 0.1) is 0 Å². The van der Waals surface area contributed by atoms with Crippen molar-refractivity contribution in [1.82, 2.24) is 9.78 Å². The van der Waals surface area contributed by atoms with Gasteiger partial charge >= 0.3 is 5.76 Å². The minimum Gasteiger partial charge on any atom is -0.497 e. The van der Waals surface area contributed by atoms with Crippen LogP contribution >= 0.6 is 27.3 Å². The van der Waals surface area contributed by atoms with E-state index < -0.39 is 5.76 Å². The number of carbonyl (C=O) groups is 1. The van der Waals surface area contributed by atoms with Crippen LogP contribution in [0.25, 0.3) is 10.8 Å². The van der Waals surface area contributed by atoms with E-state index in [0.717, 1.165) is 9.15 Å². The van der Waals surface area contributed by atoms with Crippen molar-refractivity contribution in [1.29, 1.82) is 0 Å². The molecule has 3 rings (SSSR count). The largest absolute Gasteiger partial charge is 0.497 e. The van der Waals surface area contributed by atoms with Gasteiger partial charge in [-0.2, -0.15) is 4.68 Å². The Labute approximate surface area is 172 Å². The first-order chi connectivity index (χ1) is 13.5. The van der Waals surface area contributed by atoms with Gasteiger partial charge in [-0.1, -0.05) is 0 Å². The van der Waals surface area contributed by atoms with E-state index in [9.17, 15) is 9.59 Å². The van der Waals surface area contributed by atoms with Crippen molar-refractivity contribution in [2.24, 2.45) is 0 Å². The highest BCUT2D eigenvalue weighted by Gasteiger charge is 2.20. The lowest BCUT2D eigenvalue weighted by atomic mass is 10.1. The Hall–Kier alpha value is -2.59. The van der Waals surface area contributed by atoms with Crippen LogP contribution in [0.1, 0.15) is 16.8 Å². The Morgan fingerprint density at radius 2 is 2.04 bits per heavy atom. The predicted molar refractivity (Wildman–Crippen MR) is 107 cm³/mol. The van der Waals surface area contributed by atoms with Crippen molar-refractivity contribution in [3.05, 3.63) is 44.2 Å². The van der Waals surface area contributed by atoms with E-state index in [0.29, 0.717) is 27.7 Å². The van der Waals surface area contributed by atoms with E-state index in [1.54, 1.807) is 18.2 Å². The second-order valence-electron chi connectivity index (χ2n) is 5.58. The summed E-state index contributed by atoms with van der Waals surface area (Å²) in [5, 5.41) is 5.99. The first-order valence-corrected chi connectivity index (χ1v) is 9.80. The molecule has 0 unspecified atom stereocenters. The van der Waals surface area contributed by atoms with Crippen LogP contribution in [0.15, 0.2) is 37.3 Å². The second-order valence-corrected chi connectivity index (χ2v) is 7.32. The summed E-state index contributed by atoms with van der Waals surface area (Å²) in [5.41, 5.74) is 0.377. The molecule has 0 atom stereocenters. The fourth-order valence-corrected chi connectivity index (χ4v) is 4.16. The fraction of sp³-hybridized carbons (Fsp3) is 0.278. The zero-order chi connectivity index (χ0) is 20.3. The van der Waals surface area contributed by atoms with Gasteiger partial charge < -0.3 is 18.6 Å². The zero-order valence-corrected chi connectivity index (χ0v) is 17.8. The summed E-state index contributed by atoms with van der Waals surface area (Å²) in [6.07, 6.45) is 0.0423. The van der Waals surface area contributed by atoms with Crippen LogP contribution in [0.3, 0.4) is 0 Å². The molecule has 0 aliphatic rings. The van der Waals surface area contributed by atoms with Gasteiger partial charge in [0.15, 0.2) is 11.5 Å². The van der Waals surface area contributed by atoms with Crippen molar-refractivity contribution in [2.75, 3.05) is 21.3 Å². The molecule has 0 radical (unpaired) electrons. The number of hydrogen-bond acceptors (Lipinski definition) is 8. The smallest absolute Gasteiger partial charge is 0.437 e. The third kappa shape index (κ3) is 3.97. The van der Waals surface area contributed by atoms with E-state index in [4.69, 9.17) is 18.6 Å². The lowest BCUT2D eigenvalue weighted by Gasteiger charge is -2.09. The van der Waals surface area contributed by atoms with Gasteiger partial charge in [0.1, 0.15) is 16.4 Å². The lowest BCUT2D eigenvalue weighted by molar-refractivity contribution is 0.0971. The van der Waals surface area contributed by atoms with Gasteiger partial charge in [0.05, 0.1) is 37.9 Å². The molecule has 28 heavy (non-hydrogen) atoms. The van der Waals surface area contributed by atoms with E-state index in [1.807, 2.05) is 5.38 Å². The number of carbonyl (C=O) groups excluding carboxylic acids is 1. The third-order valence-electron chi connectivity index (χ3n) is 3.97. The number of aromatic nitrogens is 2. The number of ketones is 1. The summed E-state index contributed by atoms with van der Waals surface area (Å²) in [6, 6.07) is 4.97. The Balaban J connectivity index is 1.80. The molecule has 0 saturated heterocycles. The van der Waals surface area contributed by atoms with Gasteiger partial charge in [0.2, 0.25) is 0 Å². The minimum atomic E-state index is -0.646. The average molecular weight is 469 g/mol. The van der Waals surface area contributed by atoms with E-state index >= 15 is 0 Å². The molecule has 1 aromatic carbocycles. The first-order valence-electron chi connectivity index (χ1n) is 8.13. The molecule has 0 amide bonds. The van der Waals surface area contributed by atoms with Crippen LogP contribution < -0.4 is 20.0 Å². The SMILES string of the molecule is COc1ccc(OC)c(C(=O)CCn2nc(-c3scc(Br)c3OC)oc2=O)c1. The average Bonchev–Trinajstić information content (AvgIpc) is 3.27. The van der Waals surface area contributed by atoms with Crippen LogP contribution in [0.4, 0.5) is 0 Å². The summed E-state index contributed by atoms with van der Waals surface area (Å²) in [5.74, 6) is 0.808. The maximum Gasteiger partial charge on any atom is 0.437 e. The number of aryl methyl sites for hydroxylation is 1. The van der Waals surface area contributed by atoms with Crippen molar-refractivity contribution >= 4 is 33.0 Å². The van der Waals surface area contributed by atoms with Gasteiger partial charge in [0.25, 0.3) is 5.89 Å². The molecule has 0 aliphatic heterocycles. The number of ether oxygens (including phenoxy) is 3. The fourth-order valence-electron chi connectivity index (χ4n) is 2.58. The molecule has 8 nitrogen and oxygen atoms in total. The van der Waals surface area contributed by atoms with Gasteiger partial charge in [-0.25, -0.2) is 4.79 Å². The van der Waals surface area contributed by atoms with Gasteiger partial charge in [-0.05, 0) is 34.1 Å². The predicted octanol–water partition coefficient (Wildman–Crippen LogP) is 3.63. The molecule has 2 aromatic heterocycles. The molecule has 0 N–H and O–H groups in total. The number of thiophene rings is 1. The standard InChI is InChI=1S/C18H17BrN2O6S/c1-24-10-4-5-14(25-2)11(8-10)13(22)6-7-21-18(23)27-17(20-21)16-15(26-3)12(19)9-28-16/h4-5,8-9H,6-7H2,1-3H3. The maximum absolute atomic E-state index is 12.6. The topological polar surface area (TPSA) is 92.8 Å². The number of methoxy groups -OCH3 is 3. The number of rotatable bonds is 8. The minimum absolute atomic E-state index is 0.0423. The van der Waals surface area contributed by atoms with E-state index in [2.05, 4.69) is 21.0 Å². The summed E-state index contributed by atoms with van der Waals surface area (Å²) >= 11 is 4.69. The van der Waals surface area contributed by atoms with E-state index in [1.165, 1.54) is 32.7 Å². The molecule has 10 heteroatoms. The van der Waals surface area contributed by atoms with Crippen molar-refractivity contribution in [3.8, 4) is 28.0 Å². The molecule has 2 heterocycles. The normalized spacial score (nSPS) is 10.7. The molecule has 0 fully saturated rings. The summed E-state index contributed by atoms with van der Waals surface area (Å²) in [7, 11) is 4.52.